The zero-order valence-corrected chi connectivity index (χ0v) is 11.6. The highest BCUT2D eigenvalue weighted by molar-refractivity contribution is 7.81. The first-order valence-electron chi connectivity index (χ1n) is 5.96. The van der Waals surface area contributed by atoms with Crippen molar-refractivity contribution >= 4 is 30.2 Å². The van der Waals surface area contributed by atoms with Gasteiger partial charge in [-0.05, 0) is 30.8 Å². The van der Waals surface area contributed by atoms with Crippen LogP contribution in [-0.4, -0.2) is 24.8 Å². The molecular weight excluding hydrogens is 270 g/mol. The smallest absolute Gasteiger partial charge is 0.316 e. The van der Waals surface area contributed by atoms with Crippen LogP contribution in [0.5, 0.6) is 0 Å². The Morgan fingerprint density at radius 2 is 1.94 bits per heavy atom. The third-order valence-electron chi connectivity index (χ3n) is 3.22. The number of ether oxygens (including phenoxy) is 1. The van der Waals surface area contributed by atoms with Crippen LogP contribution in [0.1, 0.15) is 18.4 Å². The van der Waals surface area contributed by atoms with Crippen LogP contribution >= 0.6 is 24.2 Å². The van der Waals surface area contributed by atoms with Crippen molar-refractivity contribution in [1.29, 1.82) is 0 Å². The molecule has 0 unspecified atom stereocenters. The van der Waals surface area contributed by atoms with E-state index in [0.717, 1.165) is 31.5 Å². The van der Waals surface area contributed by atoms with Gasteiger partial charge in [0.25, 0.3) is 0 Å². The first kappa shape index (κ1) is 13.7. The van der Waals surface area contributed by atoms with Gasteiger partial charge in [0.2, 0.25) is 0 Å². The minimum Gasteiger partial charge on any atom is -0.453 e. The van der Waals surface area contributed by atoms with Crippen molar-refractivity contribution in [3.8, 4) is 0 Å². The zero-order chi connectivity index (χ0) is 13.0. The number of thiol groups is 1. The zero-order valence-electron chi connectivity index (χ0n) is 9.99. The second kappa shape index (κ2) is 5.95. The van der Waals surface area contributed by atoms with Crippen molar-refractivity contribution in [2.45, 2.75) is 18.4 Å². The van der Waals surface area contributed by atoms with Crippen molar-refractivity contribution in [1.82, 2.24) is 5.32 Å². The Hall–Kier alpha value is -0.710. The molecule has 0 bridgehead atoms. The first-order chi connectivity index (χ1) is 8.66. The third-order valence-corrected chi connectivity index (χ3v) is 3.73. The summed E-state index contributed by atoms with van der Waals surface area (Å²) in [6.45, 7) is 1.67. The maximum absolute atomic E-state index is 11.6. The highest BCUT2D eigenvalue weighted by Gasteiger charge is 2.37. The summed E-state index contributed by atoms with van der Waals surface area (Å²) in [5.74, 6) is -0.182. The van der Waals surface area contributed by atoms with Gasteiger partial charge in [0.15, 0.2) is 0 Å². The summed E-state index contributed by atoms with van der Waals surface area (Å²) in [6.07, 6.45) is 1.54. The molecule has 1 aromatic rings. The summed E-state index contributed by atoms with van der Waals surface area (Å²) in [5, 5.41) is 3.96. The molecule has 0 saturated carbocycles. The quantitative estimate of drug-likeness (QED) is 0.662. The third kappa shape index (κ3) is 2.99. The van der Waals surface area contributed by atoms with E-state index in [4.69, 9.17) is 16.3 Å². The van der Waals surface area contributed by atoms with Gasteiger partial charge in [0.05, 0.1) is 5.75 Å². The number of piperidine rings is 1. The topological polar surface area (TPSA) is 38.3 Å². The number of halogens is 1. The largest absolute Gasteiger partial charge is 0.453 e. The average Bonchev–Trinajstić information content (AvgIpc) is 2.40. The Morgan fingerprint density at radius 1 is 1.33 bits per heavy atom. The van der Waals surface area contributed by atoms with E-state index >= 15 is 0 Å². The van der Waals surface area contributed by atoms with Crippen LogP contribution in [0.2, 0.25) is 5.02 Å². The lowest BCUT2D eigenvalue weighted by atomic mass is 9.85. The molecule has 1 aromatic carbocycles. The molecule has 0 radical (unpaired) electrons. The lowest BCUT2D eigenvalue weighted by Crippen LogP contribution is -2.43. The van der Waals surface area contributed by atoms with Gasteiger partial charge in [0, 0.05) is 17.9 Å². The van der Waals surface area contributed by atoms with E-state index in [-0.39, 0.29) is 11.7 Å². The van der Waals surface area contributed by atoms with Gasteiger partial charge in [-0.25, -0.2) is 0 Å². The van der Waals surface area contributed by atoms with Gasteiger partial charge in [-0.3, -0.25) is 4.79 Å². The Morgan fingerprint density at radius 3 is 2.50 bits per heavy atom. The van der Waals surface area contributed by atoms with E-state index in [2.05, 4.69) is 17.9 Å². The van der Waals surface area contributed by atoms with E-state index < -0.39 is 5.60 Å². The molecule has 1 heterocycles. The minimum absolute atomic E-state index is 0.1000. The summed E-state index contributed by atoms with van der Waals surface area (Å²) in [7, 11) is 0. The average molecular weight is 286 g/mol. The van der Waals surface area contributed by atoms with Gasteiger partial charge in [-0.2, -0.15) is 12.6 Å². The van der Waals surface area contributed by atoms with Crippen LogP contribution in [0.15, 0.2) is 24.3 Å². The van der Waals surface area contributed by atoms with E-state index in [1.54, 1.807) is 0 Å². The van der Waals surface area contributed by atoms with Crippen LogP contribution in [0.3, 0.4) is 0 Å². The highest BCUT2D eigenvalue weighted by atomic mass is 35.5. The lowest BCUT2D eigenvalue weighted by molar-refractivity contribution is -0.160. The number of nitrogens with one attached hydrogen (secondary N) is 1. The molecule has 0 aromatic heterocycles. The molecule has 5 heteroatoms. The fraction of sp³-hybridized carbons (Fsp3) is 0.462. The lowest BCUT2D eigenvalue weighted by Gasteiger charge is -2.37. The molecule has 1 fully saturated rings. The van der Waals surface area contributed by atoms with Crippen molar-refractivity contribution in [3.05, 3.63) is 34.9 Å². The molecule has 1 aliphatic rings. The predicted molar refractivity (Wildman–Crippen MR) is 75.2 cm³/mol. The maximum Gasteiger partial charge on any atom is 0.316 e. The molecule has 1 N–H and O–H groups in total. The van der Waals surface area contributed by atoms with Crippen LogP contribution in [-0.2, 0) is 15.1 Å². The monoisotopic (exact) mass is 285 g/mol. The number of carbonyl (C=O) groups excluding carboxylic acids is 1. The fourth-order valence-corrected chi connectivity index (χ4v) is 2.47. The van der Waals surface area contributed by atoms with Gasteiger partial charge >= 0.3 is 5.97 Å². The number of rotatable bonds is 3. The number of esters is 1. The van der Waals surface area contributed by atoms with Crippen LogP contribution < -0.4 is 5.32 Å². The molecule has 2 rings (SSSR count). The number of hydrogen-bond donors (Lipinski definition) is 2. The Bertz CT molecular complexity index is 416. The number of hydrogen-bond acceptors (Lipinski definition) is 4. The van der Waals surface area contributed by atoms with Gasteiger partial charge in [0.1, 0.15) is 5.60 Å². The highest BCUT2D eigenvalue weighted by Crippen LogP contribution is 2.35. The fourth-order valence-electron chi connectivity index (χ4n) is 2.28. The molecule has 1 aliphatic heterocycles. The molecule has 1 saturated heterocycles. The molecule has 0 amide bonds. The molecule has 0 spiro atoms. The standard InChI is InChI=1S/C13H16ClNO2S/c14-11-3-1-10(2-4-11)13(17-12(16)9-18)5-7-15-8-6-13/h1-4,15,18H,5-9H2. The van der Waals surface area contributed by atoms with E-state index in [1.165, 1.54) is 0 Å². The van der Waals surface area contributed by atoms with Crippen molar-refractivity contribution in [2.24, 2.45) is 0 Å². The maximum atomic E-state index is 11.6. The molecule has 0 aliphatic carbocycles. The molecule has 3 nitrogen and oxygen atoms in total. The van der Waals surface area contributed by atoms with Crippen LogP contribution in [0.4, 0.5) is 0 Å². The minimum atomic E-state index is -0.532. The summed E-state index contributed by atoms with van der Waals surface area (Å²) in [5.41, 5.74) is 0.471. The van der Waals surface area contributed by atoms with Crippen LogP contribution in [0, 0.1) is 0 Å². The summed E-state index contributed by atoms with van der Waals surface area (Å²) in [4.78, 5) is 11.6. The van der Waals surface area contributed by atoms with Crippen molar-refractivity contribution in [2.75, 3.05) is 18.8 Å². The Kier molecular flexibility index (Phi) is 4.54. The first-order valence-corrected chi connectivity index (χ1v) is 6.97. The Labute approximate surface area is 117 Å². The van der Waals surface area contributed by atoms with Gasteiger partial charge in [-0.15, -0.1) is 0 Å². The Balaban J connectivity index is 2.28. The van der Waals surface area contributed by atoms with E-state index in [1.807, 2.05) is 24.3 Å². The normalized spacial score (nSPS) is 18.3. The number of carbonyl (C=O) groups is 1. The summed E-state index contributed by atoms with van der Waals surface area (Å²) < 4.78 is 5.66. The summed E-state index contributed by atoms with van der Waals surface area (Å²) >= 11 is 9.87. The molecular formula is C13H16ClNO2S. The van der Waals surface area contributed by atoms with Crippen molar-refractivity contribution in [3.63, 3.8) is 0 Å². The molecule has 18 heavy (non-hydrogen) atoms. The number of benzene rings is 1. The summed E-state index contributed by atoms with van der Waals surface area (Å²) in [6, 6.07) is 7.52. The second-order valence-corrected chi connectivity index (χ2v) is 5.14. The predicted octanol–water partition coefficient (Wildman–Crippen LogP) is 2.39. The SMILES string of the molecule is O=C(CS)OC1(c2ccc(Cl)cc2)CCNCC1. The molecule has 0 atom stereocenters. The van der Waals surface area contributed by atoms with Gasteiger partial charge in [-0.1, -0.05) is 23.7 Å². The second-order valence-electron chi connectivity index (χ2n) is 4.38. The van der Waals surface area contributed by atoms with Gasteiger partial charge < -0.3 is 10.1 Å². The van der Waals surface area contributed by atoms with Crippen molar-refractivity contribution < 1.29 is 9.53 Å². The van der Waals surface area contributed by atoms with Crippen LogP contribution in [0.25, 0.3) is 0 Å². The molecule has 98 valence electrons. The van der Waals surface area contributed by atoms with E-state index in [9.17, 15) is 4.79 Å². The van der Waals surface area contributed by atoms with E-state index in [0.29, 0.717) is 5.02 Å².